The second kappa shape index (κ2) is 7.56. The van der Waals surface area contributed by atoms with E-state index in [9.17, 15) is 19.3 Å². The summed E-state index contributed by atoms with van der Waals surface area (Å²) < 4.78 is 27.7. The molecular weight excluding hydrogens is 342 g/mol. The average Bonchev–Trinajstić information content (AvgIpc) is 2.65. The van der Waals surface area contributed by atoms with Crippen LogP contribution in [0.15, 0.2) is 42.5 Å². The van der Waals surface area contributed by atoms with Crippen LogP contribution in [0, 0.1) is 34.3 Å². The molecule has 0 amide bonds. The van der Waals surface area contributed by atoms with Gasteiger partial charge in [-0.2, -0.15) is 10.5 Å². The normalized spacial score (nSPS) is 11.8. The highest BCUT2D eigenvalue weighted by molar-refractivity contribution is 6.01. The molecule has 0 heterocycles. The molecule has 0 fully saturated rings. The summed E-state index contributed by atoms with van der Waals surface area (Å²) in [5, 5.41) is 20.6. The predicted octanol–water partition coefficient (Wildman–Crippen LogP) is 6.43. The van der Waals surface area contributed by atoms with Gasteiger partial charge in [0.15, 0.2) is 0 Å². The Morgan fingerprint density at radius 2 is 1.67 bits per heavy atom. The molecule has 0 aromatic heterocycles. The Bertz CT molecular complexity index is 1080. The Hall–Kier alpha value is -3.24. The van der Waals surface area contributed by atoms with Gasteiger partial charge >= 0.3 is 0 Å². The van der Waals surface area contributed by atoms with Gasteiger partial charge in [0.2, 0.25) is 0 Å². The molecule has 134 valence electrons. The number of hydrogen-bond donors (Lipinski definition) is 0. The topological polar surface area (TPSA) is 47.6 Å². The fraction of sp³-hybridized carbons (Fsp3) is 0.217. The van der Waals surface area contributed by atoms with Crippen LogP contribution < -0.4 is 0 Å². The van der Waals surface area contributed by atoms with Crippen molar-refractivity contribution in [3.05, 3.63) is 70.8 Å². The van der Waals surface area contributed by atoms with Gasteiger partial charge in [0.1, 0.15) is 23.8 Å². The van der Waals surface area contributed by atoms with Gasteiger partial charge in [-0.1, -0.05) is 38.5 Å². The summed E-state index contributed by atoms with van der Waals surface area (Å²) in [5.41, 5.74) is 2.08. The van der Waals surface area contributed by atoms with E-state index >= 15 is 0 Å². The molecule has 0 aliphatic rings. The van der Waals surface area contributed by atoms with E-state index in [-0.39, 0.29) is 16.7 Å². The fourth-order valence-electron chi connectivity index (χ4n) is 3.52. The Morgan fingerprint density at radius 1 is 0.963 bits per heavy atom. The first-order valence-corrected chi connectivity index (χ1v) is 8.85. The molecule has 0 saturated heterocycles. The van der Waals surface area contributed by atoms with Gasteiger partial charge in [-0.25, -0.2) is 8.78 Å². The first-order valence-electron chi connectivity index (χ1n) is 8.85. The molecule has 0 aliphatic carbocycles. The predicted molar refractivity (Wildman–Crippen MR) is 102 cm³/mol. The highest BCUT2D eigenvalue weighted by Gasteiger charge is 2.18. The van der Waals surface area contributed by atoms with Crippen molar-refractivity contribution in [3.63, 3.8) is 0 Å². The summed E-state index contributed by atoms with van der Waals surface area (Å²) in [6, 6.07) is 14.8. The van der Waals surface area contributed by atoms with Gasteiger partial charge in [0.25, 0.3) is 0 Å². The Balaban J connectivity index is 2.41. The molecule has 4 heteroatoms. The third-order valence-electron chi connectivity index (χ3n) is 4.84. The molecule has 3 aromatic carbocycles. The smallest absolute Gasteiger partial charge is 0.126 e. The molecule has 0 bridgehead atoms. The van der Waals surface area contributed by atoms with Gasteiger partial charge in [0, 0.05) is 11.6 Å². The van der Waals surface area contributed by atoms with E-state index < -0.39 is 11.6 Å². The van der Waals surface area contributed by atoms with E-state index in [4.69, 9.17) is 0 Å². The second-order valence-corrected chi connectivity index (χ2v) is 6.73. The van der Waals surface area contributed by atoms with Crippen molar-refractivity contribution >= 4 is 10.8 Å². The monoisotopic (exact) mass is 360 g/mol. The minimum absolute atomic E-state index is 0.135. The van der Waals surface area contributed by atoms with E-state index in [2.05, 4.69) is 19.9 Å². The molecule has 0 N–H and O–H groups in total. The molecule has 0 spiro atoms. The number of halogens is 2. The summed E-state index contributed by atoms with van der Waals surface area (Å²) in [4.78, 5) is 0. The van der Waals surface area contributed by atoms with Crippen LogP contribution in [0.2, 0.25) is 0 Å². The summed E-state index contributed by atoms with van der Waals surface area (Å²) in [7, 11) is 0. The number of hydrogen-bond acceptors (Lipinski definition) is 2. The lowest BCUT2D eigenvalue weighted by Gasteiger charge is -2.16. The Morgan fingerprint density at radius 3 is 2.26 bits per heavy atom. The molecular formula is C23H18F2N2. The van der Waals surface area contributed by atoms with Crippen LogP contribution in [0.4, 0.5) is 8.78 Å². The molecule has 1 unspecified atom stereocenters. The number of nitrogens with zero attached hydrogens (tertiary/aromatic N) is 2. The molecule has 27 heavy (non-hydrogen) atoms. The van der Waals surface area contributed by atoms with Crippen LogP contribution in [0.3, 0.4) is 0 Å². The zero-order valence-electron chi connectivity index (χ0n) is 15.2. The molecule has 0 radical (unpaired) electrons. The Labute approximate surface area is 157 Å². The lowest BCUT2D eigenvalue weighted by Crippen LogP contribution is -1.97. The minimum Gasteiger partial charge on any atom is -0.207 e. The molecule has 1 atom stereocenters. The lowest BCUT2D eigenvalue weighted by molar-refractivity contribution is 0.584. The van der Waals surface area contributed by atoms with Crippen molar-refractivity contribution < 1.29 is 8.78 Å². The van der Waals surface area contributed by atoms with Crippen molar-refractivity contribution in [2.24, 2.45) is 0 Å². The van der Waals surface area contributed by atoms with Gasteiger partial charge < -0.3 is 0 Å². The third kappa shape index (κ3) is 3.52. The van der Waals surface area contributed by atoms with E-state index in [0.29, 0.717) is 11.5 Å². The first-order chi connectivity index (χ1) is 13.0. The van der Waals surface area contributed by atoms with Gasteiger partial charge in [-0.05, 0) is 52.4 Å². The molecule has 0 saturated carbocycles. The van der Waals surface area contributed by atoms with E-state index in [1.54, 1.807) is 6.07 Å². The van der Waals surface area contributed by atoms with Crippen molar-refractivity contribution in [1.29, 1.82) is 10.5 Å². The molecule has 3 rings (SSSR count). The summed E-state index contributed by atoms with van der Waals surface area (Å²) in [6.45, 7) is 4.24. The standard InChI is InChI=1S/C23H18F2N2/c1-3-4-14(2)15-5-6-16-7-18(12-26)22(13-27)23(21(16)10-15)17-8-19(24)11-20(25)9-17/h5-11,14H,3-4H2,1-2H3. The molecule has 2 nitrogen and oxygen atoms in total. The number of benzene rings is 3. The highest BCUT2D eigenvalue weighted by atomic mass is 19.1. The van der Waals surface area contributed by atoms with Crippen molar-refractivity contribution in [1.82, 2.24) is 0 Å². The maximum atomic E-state index is 13.9. The largest absolute Gasteiger partial charge is 0.207 e. The van der Waals surface area contributed by atoms with Crippen LogP contribution in [0.5, 0.6) is 0 Å². The van der Waals surface area contributed by atoms with Crippen LogP contribution in [-0.2, 0) is 0 Å². The van der Waals surface area contributed by atoms with Gasteiger partial charge in [-0.3, -0.25) is 0 Å². The first kappa shape index (κ1) is 18.5. The van der Waals surface area contributed by atoms with Gasteiger partial charge in [0.05, 0.1) is 11.1 Å². The van der Waals surface area contributed by atoms with E-state index in [1.807, 2.05) is 24.3 Å². The second-order valence-electron chi connectivity index (χ2n) is 6.73. The third-order valence-corrected chi connectivity index (χ3v) is 4.84. The zero-order chi connectivity index (χ0) is 19.6. The maximum Gasteiger partial charge on any atom is 0.126 e. The highest BCUT2D eigenvalue weighted by Crippen LogP contribution is 2.37. The Kier molecular flexibility index (Phi) is 5.19. The van der Waals surface area contributed by atoms with Crippen LogP contribution in [-0.4, -0.2) is 0 Å². The molecule has 0 aliphatic heterocycles. The minimum atomic E-state index is -0.722. The maximum absolute atomic E-state index is 13.9. The number of fused-ring (bicyclic) bond motifs is 1. The lowest BCUT2D eigenvalue weighted by atomic mass is 9.87. The zero-order valence-corrected chi connectivity index (χ0v) is 15.2. The summed E-state index contributed by atoms with van der Waals surface area (Å²) >= 11 is 0. The van der Waals surface area contributed by atoms with E-state index in [0.717, 1.165) is 35.2 Å². The van der Waals surface area contributed by atoms with Crippen LogP contribution in [0.1, 0.15) is 49.3 Å². The van der Waals surface area contributed by atoms with Crippen molar-refractivity contribution in [3.8, 4) is 23.3 Å². The number of rotatable bonds is 4. The van der Waals surface area contributed by atoms with Crippen molar-refractivity contribution in [2.75, 3.05) is 0 Å². The van der Waals surface area contributed by atoms with Crippen LogP contribution in [0.25, 0.3) is 21.9 Å². The quantitative estimate of drug-likeness (QED) is 0.538. The average molecular weight is 360 g/mol. The van der Waals surface area contributed by atoms with Crippen LogP contribution >= 0.6 is 0 Å². The SMILES string of the molecule is CCCC(C)c1ccc2cc(C#N)c(C#N)c(-c3cc(F)cc(F)c3)c2c1. The van der Waals surface area contributed by atoms with Crippen molar-refractivity contribution in [2.45, 2.75) is 32.6 Å². The van der Waals surface area contributed by atoms with E-state index in [1.165, 1.54) is 12.1 Å². The fourth-order valence-corrected chi connectivity index (χ4v) is 3.52. The summed E-state index contributed by atoms with van der Waals surface area (Å²) in [6.07, 6.45) is 2.05. The van der Waals surface area contributed by atoms with Gasteiger partial charge in [-0.15, -0.1) is 0 Å². The molecule has 3 aromatic rings. The summed E-state index contributed by atoms with van der Waals surface area (Å²) in [5.74, 6) is -1.13. The number of nitriles is 2.